The van der Waals surface area contributed by atoms with Gasteiger partial charge in [0.2, 0.25) is 0 Å². The molecule has 1 aliphatic carbocycles. The first kappa shape index (κ1) is 13.9. The minimum atomic E-state index is -0.936. The monoisotopic (exact) mass is 289 g/mol. The molecule has 1 saturated carbocycles. The minimum absolute atomic E-state index is 0.0102. The fraction of sp³-hybridized carbons (Fsp3) is 0.500. The maximum Gasteiger partial charge on any atom is 0.416 e. The average molecular weight is 289 g/mol. The first-order chi connectivity index (χ1) is 10.2. The molecule has 0 radical (unpaired) electrons. The molecular formula is C16H19NO4. The van der Waals surface area contributed by atoms with Crippen molar-refractivity contribution in [2.45, 2.75) is 44.2 Å². The number of carbonyl (C=O) groups excluding carboxylic acids is 1. The predicted octanol–water partition coefficient (Wildman–Crippen LogP) is 2.90. The van der Waals surface area contributed by atoms with Gasteiger partial charge in [0.15, 0.2) is 0 Å². The van der Waals surface area contributed by atoms with Crippen molar-refractivity contribution in [3.05, 3.63) is 30.3 Å². The lowest BCUT2D eigenvalue weighted by Crippen LogP contribution is -2.47. The van der Waals surface area contributed by atoms with Crippen LogP contribution in [0, 0.1) is 5.92 Å². The van der Waals surface area contributed by atoms with Gasteiger partial charge in [-0.2, -0.15) is 0 Å². The molecule has 3 unspecified atom stereocenters. The van der Waals surface area contributed by atoms with Crippen molar-refractivity contribution >= 4 is 12.1 Å². The zero-order chi connectivity index (χ0) is 14.8. The number of hydrogen-bond acceptors (Lipinski definition) is 3. The van der Waals surface area contributed by atoms with Crippen LogP contribution in [0.25, 0.3) is 0 Å². The standard InChI is InChI=1S/C16H19NO4/c18-15(19)14-10-11-6-4-5-9-13(11)17(14)16(20)21-12-7-2-1-3-8-12/h1-3,7-8,11,13-14H,4-6,9-10H2,(H,18,19). The third-order valence-electron chi connectivity index (χ3n) is 4.53. The molecule has 2 aliphatic rings. The summed E-state index contributed by atoms with van der Waals surface area (Å²) < 4.78 is 5.35. The van der Waals surface area contributed by atoms with E-state index in [1.54, 1.807) is 24.3 Å². The number of para-hydroxylation sites is 1. The van der Waals surface area contributed by atoms with E-state index in [1.165, 1.54) is 4.90 Å². The molecule has 0 spiro atoms. The third-order valence-corrected chi connectivity index (χ3v) is 4.53. The van der Waals surface area contributed by atoms with E-state index in [2.05, 4.69) is 0 Å². The summed E-state index contributed by atoms with van der Waals surface area (Å²) in [5, 5.41) is 9.40. The molecule has 5 nitrogen and oxygen atoms in total. The van der Waals surface area contributed by atoms with Gasteiger partial charge < -0.3 is 9.84 Å². The molecule has 3 atom stereocenters. The summed E-state index contributed by atoms with van der Waals surface area (Å²) in [4.78, 5) is 25.3. The molecule has 5 heteroatoms. The number of hydrogen-bond donors (Lipinski definition) is 1. The maximum absolute atomic E-state index is 12.4. The molecule has 1 saturated heterocycles. The van der Waals surface area contributed by atoms with Gasteiger partial charge in [0.05, 0.1) is 0 Å². The third kappa shape index (κ3) is 2.73. The van der Waals surface area contributed by atoms with Crippen molar-refractivity contribution in [1.29, 1.82) is 0 Å². The summed E-state index contributed by atoms with van der Waals surface area (Å²) >= 11 is 0. The number of carbonyl (C=O) groups is 2. The molecule has 1 N–H and O–H groups in total. The van der Waals surface area contributed by atoms with E-state index < -0.39 is 18.1 Å². The van der Waals surface area contributed by atoms with Crippen LogP contribution in [0.15, 0.2) is 30.3 Å². The van der Waals surface area contributed by atoms with Gasteiger partial charge in [0, 0.05) is 6.04 Å². The van der Waals surface area contributed by atoms with Crippen LogP contribution >= 0.6 is 0 Å². The van der Waals surface area contributed by atoms with Crippen molar-refractivity contribution in [2.75, 3.05) is 0 Å². The highest BCUT2D eigenvalue weighted by atomic mass is 16.6. The van der Waals surface area contributed by atoms with E-state index in [9.17, 15) is 14.7 Å². The predicted molar refractivity (Wildman–Crippen MR) is 76.1 cm³/mol. The van der Waals surface area contributed by atoms with Gasteiger partial charge in [-0.15, -0.1) is 0 Å². The Morgan fingerprint density at radius 3 is 2.57 bits per heavy atom. The van der Waals surface area contributed by atoms with Crippen LogP contribution in [-0.4, -0.2) is 34.2 Å². The molecule has 1 amide bonds. The molecule has 3 rings (SSSR count). The van der Waals surface area contributed by atoms with Gasteiger partial charge in [-0.1, -0.05) is 31.0 Å². The number of carboxylic acid groups (broad SMARTS) is 1. The summed E-state index contributed by atoms with van der Waals surface area (Å²) in [6.45, 7) is 0. The van der Waals surface area contributed by atoms with Crippen LogP contribution in [0.5, 0.6) is 5.75 Å². The highest BCUT2D eigenvalue weighted by molar-refractivity contribution is 5.82. The smallest absolute Gasteiger partial charge is 0.416 e. The summed E-state index contributed by atoms with van der Waals surface area (Å²) in [6, 6.07) is 8.05. The number of fused-ring (bicyclic) bond motifs is 1. The second-order valence-electron chi connectivity index (χ2n) is 5.79. The fourth-order valence-electron chi connectivity index (χ4n) is 3.59. The Balaban J connectivity index is 1.79. The Morgan fingerprint density at radius 1 is 1.14 bits per heavy atom. The molecule has 2 fully saturated rings. The van der Waals surface area contributed by atoms with E-state index in [1.807, 2.05) is 6.07 Å². The second-order valence-corrected chi connectivity index (χ2v) is 5.79. The number of aliphatic carboxylic acids is 1. The van der Waals surface area contributed by atoms with Crippen LogP contribution in [0.2, 0.25) is 0 Å². The molecule has 1 aromatic rings. The lowest BCUT2D eigenvalue weighted by molar-refractivity contribution is -0.141. The van der Waals surface area contributed by atoms with Crippen molar-refractivity contribution in [2.24, 2.45) is 5.92 Å². The molecule has 1 heterocycles. The van der Waals surface area contributed by atoms with E-state index >= 15 is 0 Å². The zero-order valence-electron chi connectivity index (χ0n) is 11.8. The molecule has 1 aliphatic heterocycles. The normalized spacial score (nSPS) is 28.0. The fourth-order valence-corrected chi connectivity index (χ4v) is 3.59. The molecule has 0 bridgehead atoms. The number of amides is 1. The van der Waals surface area contributed by atoms with Gasteiger partial charge in [0.25, 0.3) is 0 Å². The first-order valence-electron chi connectivity index (χ1n) is 7.45. The quantitative estimate of drug-likeness (QED) is 0.909. The van der Waals surface area contributed by atoms with E-state index in [0.717, 1.165) is 25.7 Å². The maximum atomic E-state index is 12.4. The Bertz CT molecular complexity index is 530. The van der Waals surface area contributed by atoms with Crippen molar-refractivity contribution in [1.82, 2.24) is 4.90 Å². The van der Waals surface area contributed by atoms with Gasteiger partial charge in [-0.25, -0.2) is 9.59 Å². The van der Waals surface area contributed by atoms with Crippen molar-refractivity contribution in [3.8, 4) is 5.75 Å². The number of ether oxygens (including phenoxy) is 1. The van der Waals surface area contributed by atoms with Gasteiger partial charge in [0.1, 0.15) is 11.8 Å². The molecule has 0 aromatic heterocycles. The largest absolute Gasteiger partial charge is 0.480 e. The summed E-state index contributed by atoms with van der Waals surface area (Å²) in [7, 11) is 0. The summed E-state index contributed by atoms with van der Waals surface area (Å²) in [6.07, 6.45) is 4.05. The number of nitrogens with zero attached hydrogens (tertiary/aromatic N) is 1. The van der Waals surface area contributed by atoms with Crippen molar-refractivity contribution < 1.29 is 19.4 Å². The van der Waals surface area contributed by atoms with Crippen LogP contribution in [0.3, 0.4) is 0 Å². The second kappa shape index (κ2) is 5.76. The van der Waals surface area contributed by atoms with Crippen molar-refractivity contribution in [3.63, 3.8) is 0 Å². The van der Waals surface area contributed by atoms with Crippen LogP contribution in [0.1, 0.15) is 32.1 Å². The highest BCUT2D eigenvalue weighted by Crippen LogP contribution is 2.40. The Morgan fingerprint density at radius 2 is 1.86 bits per heavy atom. The van der Waals surface area contributed by atoms with Crippen LogP contribution < -0.4 is 4.74 Å². The number of benzene rings is 1. The average Bonchev–Trinajstić information content (AvgIpc) is 2.88. The summed E-state index contributed by atoms with van der Waals surface area (Å²) in [5.74, 6) is -0.191. The Labute approximate surface area is 123 Å². The Kier molecular flexibility index (Phi) is 3.82. The van der Waals surface area contributed by atoms with Gasteiger partial charge >= 0.3 is 12.1 Å². The summed E-state index contributed by atoms with van der Waals surface area (Å²) in [5.41, 5.74) is 0. The topological polar surface area (TPSA) is 66.8 Å². The van der Waals surface area contributed by atoms with Gasteiger partial charge in [-0.05, 0) is 37.3 Å². The zero-order valence-corrected chi connectivity index (χ0v) is 11.8. The minimum Gasteiger partial charge on any atom is -0.480 e. The lowest BCUT2D eigenvalue weighted by atomic mass is 9.85. The number of carboxylic acids is 1. The highest BCUT2D eigenvalue weighted by Gasteiger charge is 2.48. The van der Waals surface area contributed by atoms with Crippen LogP contribution in [-0.2, 0) is 4.79 Å². The molecule has 21 heavy (non-hydrogen) atoms. The van der Waals surface area contributed by atoms with E-state index in [-0.39, 0.29) is 6.04 Å². The first-order valence-corrected chi connectivity index (χ1v) is 7.45. The number of likely N-dealkylation sites (tertiary alicyclic amines) is 1. The van der Waals surface area contributed by atoms with Crippen LogP contribution in [0.4, 0.5) is 4.79 Å². The van der Waals surface area contributed by atoms with E-state index in [0.29, 0.717) is 18.1 Å². The Hall–Kier alpha value is -2.04. The number of rotatable bonds is 2. The van der Waals surface area contributed by atoms with E-state index in [4.69, 9.17) is 4.74 Å². The molecule has 112 valence electrons. The SMILES string of the molecule is O=C(O)C1CC2CCCCC2N1C(=O)Oc1ccccc1. The molecular weight excluding hydrogens is 270 g/mol. The molecule has 1 aromatic carbocycles. The lowest BCUT2D eigenvalue weighted by Gasteiger charge is -2.32. The van der Waals surface area contributed by atoms with Gasteiger partial charge in [-0.3, -0.25) is 4.90 Å².